The number of furan rings is 1. The van der Waals surface area contributed by atoms with Crippen LogP contribution in [-0.4, -0.2) is 129 Å². The highest BCUT2D eigenvalue weighted by atomic mass is 35.5. The van der Waals surface area contributed by atoms with E-state index in [-0.39, 0.29) is 55.3 Å². The summed E-state index contributed by atoms with van der Waals surface area (Å²) in [5.74, 6) is -0.585. The summed E-state index contributed by atoms with van der Waals surface area (Å²) < 4.78 is 62.9. The molecule has 32 heteroatoms. The van der Waals surface area contributed by atoms with Gasteiger partial charge < -0.3 is 38.5 Å². The van der Waals surface area contributed by atoms with E-state index in [1.165, 1.54) is 12.1 Å². The van der Waals surface area contributed by atoms with Gasteiger partial charge in [-0.2, -0.15) is 0 Å². The van der Waals surface area contributed by atoms with Gasteiger partial charge in [-0.3, -0.25) is 49.9 Å². The van der Waals surface area contributed by atoms with Crippen molar-refractivity contribution >= 4 is 127 Å². The highest BCUT2D eigenvalue weighted by molar-refractivity contribution is 7.58. The van der Waals surface area contributed by atoms with Gasteiger partial charge in [0, 0.05) is 98.7 Å². The molecule has 21 nitrogen and oxygen atoms in total. The average Bonchev–Trinajstić information content (AvgIpc) is 4.03. The fourth-order valence-corrected chi connectivity index (χ4v) is 12.8. The standard InChI is InChI=1S/C15H26Cl4N3O2P.C9H15Cl2N4O4P.C9H14Cl2N3O5P/c1-13-9-14(21(2)11-13)12-24-25(23,15(10-19)20-6-3-16)22(7-4-17)8-5-18;10-1-2-13-9(4-11)20(12,18)19-6-7-3-8(5-14-7)15(16)17;10-3-4-13-8(5-11)20(12,17)18-6-7-1-2-9(19-7)14(15)16/h9,11,15,20H,3-8,10,12H2,1-2H3;5,9,13H,1-4,6H2,(H2,12,18);1-2,8,13H,3-6H2,(H2,12,17). The number of halogens is 8. The number of rotatable bonds is 31. The third kappa shape index (κ3) is 22.4. The van der Waals surface area contributed by atoms with Gasteiger partial charge in [0.15, 0.2) is 0 Å². The summed E-state index contributed by atoms with van der Waals surface area (Å²) in [6.45, 7) is 3.84. The number of nitro groups is 2. The SMILES string of the molecule is Cc1cc(COP(=O)(C(CCl)NCCCl)N(CCCl)CCCl)n(C)c1.NP(=O)(OCC1=NC=C([N+](=O)[O-])C1)C(CCl)NCCCl.NP(=O)(OCc1ccc([N+](=O)[O-])o1)C(CCl)NCCCl. The number of aryl methyl sites for hydroxylation is 2. The Morgan fingerprint density at radius 2 is 1.29 bits per heavy atom. The molecule has 2 aromatic heterocycles. The minimum atomic E-state index is -3.54. The predicted molar refractivity (Wildman–Crippen MR) is 262 cm³/mol. The lowest BCUT2D eigenvalue weighted by Gasteiger charge is -2.35. The molecule has 2 aromatic rings. The van der Waals surface area contributed by atoms with Crippen molar-refractivity contribution in [3.8, 4) is 0 Å². The van der Waals surface area contributed by atoms with E-state index < -0.39 is 55.6 Å². The maximum absolute atomic E-state index is 13.8. The number of alkyl halides is 8. The third-order valence-corrected chi connectivity index (χ3v) is 17.4. The average molecular weight is 1140 g/mol. The first-order valence-corrected chi connectivity index (χ1v) is 28.7. The summed E-state index contributed by atoms with van der Waals surface area (Å²) in [5, 5.41) is 29.7. The molecule has 0 radical (unpaired) electrons. The van der Waals surface area contributed by atoms with Crippen molar-refractivity contribution in [1.82, 2.24) is 25.2 Å². The fraction of sp³-hybridized carbons (Fsp3) is 0.667. The van der Waals surface area contributed by atoms with Crippen LogP contribution in [0.3, 0.4) is 0 Å². The summed E-state index contributed by atoms with van der Waals surface area (Å²) in [6, 6.07) is 4.52. The Morgan fingerprint density at radius 3 is 1.69 bits per heavy atom. The van der Waals surface area contributed by atoms with Crippen molar-refractivity contribution in [2.75, 3.05) is 86.4 Å². The second-order valence-electron chi connectivity index (χ2n) is 13.3. The molecule has 0 saturated carbocycles. The molecule has 3 heterocycles. The molecule has 0 saturated heterocycles. The molecule has 6 atom stereocenters. The molecule has 1 aliphatic rings. The van der Waals surface area contributed by atoms with Crippen molar-refractivity contribution < 1.29 is 41.5 Å². The van der Waals surface area contributed by atoms with Crippen molar-refractivity contribution in [1.29, 1.82) is 0 Å². The van der Waals surface area contributed by atoms with Gasteiger partial charge in [-0.15, -0.1) is 92.8 Å². The molecular formula is C33H55Cl8N10O11P3. The Bertz CT molecular complexity index is 1950. The second-order valence-corrected chi connectivity index (χ2v) is 23.0. The molecule has 1 aliphatic heterocycles. The first-order chi connectivity index (χ1) is 30.7. The maximum Gasteiger partial charge on any atom is 0.433 e. The van der Waals surface area contributed by atoms with Crippen LogP contribution in [0, 0.1) is 27.2 Å². The minimum Gasteiger partial charge on any atom is -0.403 e. The molecule has 65 heavy (non-hydrogen) atoms. The molecule has 0 spiro atoms. The van der Waals surface area contributed by atoms with Crippen LogP contribution in [0.2, 0.25) is 0 Å². The molecule has 374 valence electrons. The molecule has 0 aromatic carbocycles. The molecule has 6 unspecified atom stereocenters. The van der Waals surface area contributed by atoms with E-state index in [0.29, 0.717) is 67.8 Å². The number of aromatic nitrogens is 1. The zero-order valence-electron chi connectivity index (χ0n) is 35.4. The highest BCUT2D eigenvalue weighted by Crippen LogP contribution is 2.55. The van der Waals surface area contributed by atoms with Crippen molar-refractivity contribution in [3.05, 3.63) is 73.5 Å². The lowest BCUT2D eigenvalue weighted by atomic mass is 10.3. The monoisotopic (exact) mass is 1140 g/mol. The van der Waals surface area contributed by atoms with Gasteiger partial charge in [0.2, 0.25) is 0 Å². The largest absolute Gasteiger partial charge is 0.433 e. The summed E-state index contributed by atoms with van der Waals surface area (Å²) >= 11 is 46.0. The number of nitrogens with one attached hydrogen (secondary N) is 3. The lowest BCUT2D eigenvalue weighted by molar-refractivity contribution is -0.425. The van der Waals surface area contributed by atoms with Crippen LogP contribution < -0.4 is 27.0 Å². The number of hydrogen-bond acceptors (Lipinski definition) is 15. The van der Waals surface area contributed by atoms with Crippen LogP contribution >= 0.6 is 115 Å². The van der Waals surface area contributed by atoms with Gasteiger partial charge in [-0.05, 0) is 24.6 Å². The lowest BCUT2D eigenvalue weighted by Crippen LogP contribution is -2.40. The van der Waals surface area contributed by atoms with Crippen LogP contribution in [0.1, 0.15) is 23.4 Å². The molecule has 3 rings (SSSR count). The zero-order chi connectivity index (χ0) is 49.2. The minimum absolute atomic E-state index is 0.00442. The van der Waals surface area contributed by atoms with E-state index in [0.717, 1.165) is 17.5 Å². The number of hydrogen-bond donors (Lipinski definition) is 5. The van der Waals surface area contributed by atoms with Crippen molar-refractivity contribution in [2.45, 2.75) is 43.9 Å². The predicted octanol–water partition coefficient (Wildman–Crippen LogP) is 7.98. The molecule has 0 fully saturated rings. The highest BCUT2D eigenvalue weighted by Gasteiger charge is 2.40. The van der Waals surface area contributed by atoms with Gasteiger partial charge >= 0.3 is 5.88 Å². The molecule has 0 aliphatic carbocycles. The Balaban J connectivity index is 0.000000492. The summed E-state index contributed by atoms with van der Waals surface area (Å²) in [5.41, 5.74) is 13.6. The van der Waals surface area contributed by atoms with Crippen LogP contribution in [0.15, 0.2) is 45.7 Å². The number of nitrogens with two attached hydrogens (primary N) is 2. The van der Waals surface area contributed by atoms with E-state index in [1.54, 1.807) is 4.67 Å². The van der Waals surface area contributed by atoms with E-state index >= 15 is 0 Å². The fourth-order valence-electron chi connectivity index (χ4n) is 5.25. The Hall–Kier alpha value is -0.580. The van der Waals surface area contributed by atoms with E-state index in [9.17, 15) is 33.9 Å². The summed E-state index contributed by atoms with van der Waals surface area (Å²) in [7, 11) is -8.45. The Morgan fingerprint density at radius 1 is 0.785 bits per heavy atom. The third-order valence-electron chi connectivity index (χ3n) is 8.53. The van der Waals surface area contributed by atoms with Gasteiger partial charge in [0.1, 0.15) is 40.8 Å². The van der Waals surface area contributed by atoms with Gasteiger partial charge in [0.25, 0.3) is 28.3 Å². The van der Waals surface area contributed by atoms with Gasteiger partial charge in [0.05, 0.1) is 36.3 Å². The molecule has 0 bridgehead atoms. The summed E-state index contributed by atoms with van der Waals surface area (Å²) in [4.78, 5) is 23.6. The zero-order valence-corrected chi connectivity index (χ0v) is 44.1. The topological polar surface area (TPSA) is 287 Å². The Kier molecular flexibility index (Phi) is 31.8. The quantitative estimate of drug-likeness (QED) is 0.0207. The first-order valence-electron chi connectivity index (χ1n) is 19.2. The number of allylic oxidation sites excluding steroid dienone is 1. The Labute approximate surface area is 417 Å². The number of nitrogens with zero attached hydrogens (tertiary/aromatic N) is 5. The van der Waals surface area contributed by atoms with Crippen LogP contribution in [0.25, 0.3) is 0 Å². The van der Waals surface area contributed by atoms with Crippen molar-refractivity contribution in [3.63, 3.8) is 0 Å². The van der Waals surface area contributed by atoms with Gasteiger partial charge in [-0.25, -0.2) is 4.67 Å². The van der Waals surface area contributed by atoms with Crippen molar-refractivity contribution in [2.24, 2.45) is 23.0 Å². The molecule has 0 amide bonds. The molecular weight excluding hydrogens is 1090 g/mol. The first kappa shape index (κ1) is 62.4. The van der Waals surface area contributed by atoms with Gasteiger partial charge in [-0.1, -0.05) is 0 Å². The summed E-state index contributed by atoms with van der Waals surface area (Å²) in [6.07, 6.45) is 3.18. The van der Waals surface area contributed by atoms with E-state index in [2.05, 4.69) is 20.9 Å². The smallest absolute Gasteiger partial charge is 0.403 e. The molecule has 7 N–H and O–H groups in total. The normalized spacial score (nSPS) is 16.7. The maximum atomic E-state index is 13.8. The van der Waals surface area contributed by atoms with E-state index in [4.69, 9.17) is 122 Å². The van der Waals surface area contributed by atoms with Crippen LogP contribution in [0.5, 0.6) is 0 Å². The second kappa shape index (κ2) is 33.1. The van der Waals surface area contributed by atoms with Crippen LogP contribution in [-0.2, 0) is 47.5 Å². The number of aliphatic imine (C=N–C) groups is 1. The van der Waals surface area contributed by atoms with E-state index in [1.807, 2.05) is 30.8 Å². The van der Waals surface area contributed by atoms with Crippen LogP contribution in [0.4, 0.5) is 5.88 Å².